The van der Waals surface area contributed by atoms with Crippen LogP contribution in [0, 0.1) is 0 Å². The van der Waals surface area contributed by atoms with Crippen molar-refractivity contribution in [2.75, 3.05) is 16.8 Å². The van der Waals surface area contributed by atoms with E-state index in [1.807, 2.05) is 55.5 Å². The standard InChI is InChI=1S/C21H22N4O/c1-3-25(20(26)18-12-8-5-9-13-18)19-14-15-22-21(24-19)23-16(2)17-10-6-4-7-11-17/h4-16H,3H2,1-2H3,(H,22,23,24)/t16-/m1/s1. The fraction of sp³-hybridized carbons (Fsp3) is 0.190. The van der Waals surface area contributed by atoms with Crippen molar-refractivity contribution in [2.45, 2.75) is 19.9 Å². The van der Waals surface area contributed by atoms with E-state index in [4.69, 9.17) is 0 Å². The third kappa shape index (κ3) is 4.06. The molecule has 1 heterocycles. The van der Waals surface area contributed by atoms with Crippen LogP contribution in [0.25, 0.3) is 0 Å². The summed E-state index contributed by atoms with van der Waals surface area (Å²) >= 11 is 0. The number of amides is 1. The Bertz CT molecular complexity index is 852. The second kappa shape index (κ2) is 8.25. The Morgan fingerprint density at radius 2 is 1.69 bits per heavy atom. The molecule has 1 N–H and O–H groups in total. The van der Waals surface area contributed by atoms with E-state index >= 15 is 0 Å². The second-order valence-electron chi connectivity index (χ2n) is 5.93. The molecule has 26 heavy (non-hydrogen) atoms. The van der Waals surface area contributed by atoms with Crippen LogP contribution in [0.5, 0.6) is 0 Å². The summed E-state index contributed by atoms with van der Waals surface area (Å²) in [6.45, 7) is 4.51. The highest BCUT2D eigenvalue weighted by molar-refractivity contribution is 6.05. The largest absolute Gasteiger partial charge is 0.348 e. The zero-order valence-electron chi connectivity index (χ0n) is 15.0. The maximum absolute atomic E-state index is 12.8. The van der Waals surface area contributed by atoms with Gasteiger partial charge in [0, 0.05) is 18.3 Å². The molecule has 0 aliphatic rings. The van der Waals surface area contributed by atoms with E-state index < -0.39 is 0 Å². The summed E-state index contributed by atoms with van der Waals surface area (Å²) in [4.78, 5) is 23.3. The van der Waals surface area contributed by atoms with Crippen molar-refractivity contribution in [3.63, 3.8) is 0 Å². The summed E-state index contributed by atoms with van der Waals surface area (Å²) in [6, 6.07) is 21.1. The van der Waals surface area contributed by atoms with Gasteiger partial charge in [-0.2, -0.15) is 4.98 Å². The molecule has 0 spiro atoms. The van der Waals surface area contributed by atoms with Gasteiger partial charge in [0.05, 0.1) is 6.04 Å². The van der Waals surface area contributed by atoms with Gasteiger partial charge in [0.1, 0.15) is 5.82 Å². The normalized spacial score (nSPS) is 11.6. The zero-order valence-corrected chi connectivity index (χ0v) is 15.0. The van der Waals surface area contributed by atoms with Gasteiger partial charge < -0.3 is 5.32 Å². The molecule has 0 radical (unpaired) electrons. The first-order chi connectivity index (χ1) is 12.7. The second-order valence-corrected chi connectivity index (χ2v) is 5.93. The van der Waals surface area contributed by atoms with Crippen LogP contribution >= 0.6 is 0 Å². The van der Waals surface area contributed by atoms with Crippen molar-refractivity contribution in [3.8, 4) is 0 Å². The topological polar surface area (TPSA) is 58.1 Å². The lowest BCUT2D eigenvalue weighted by Gasteiger charge is -2.21. The number of hydrogen-bond donors (Lipinski definition) is 1. The first-order valence-corrected chi connectivity index (χ1v) is 8.70. The average molecular weight is 346 g/mol. The number of hydrogen-bond acceptors (Lipinski definition) is 4. The first-order valence-electron chi connectivity index (χ1n) is 8.70. The van der Waals surface area contributed by atoms with Crippen molar-refractivity contribution >= 4 is 17.7 Å². The molecule has 0 unspecified atom stereocenters. The van der Waals surface area contributed by atoms with E-state index in [-0.39, 0.29) is 11.9 Å². The van der Waals surface area contributed by atoms with Gasteiger partial charge in [-0.1, -0.05) is 48.5 Å². The Balaban J connectivity index is 1.80. The number of benzene rings is 2. The van der Waals surface area contributed by atoms with Gasteiger partial charge in [0.15, 0.2) is 0 Å². The van der Waals surface area contributed by atoms with Crippen LogP contribution in [-0.2, 0) is 0 Å². The summed E-state index contributed by atoms with van der Waals surface area (Å²) in [7, 11) is 0. The molecule has 5 nitrogen and oxygen atoms in total. The summed E-state index contributed by atoms with van der Waals surface area (Å²) in [6.07, 6.45) is 1.67. The number of carbonyl (C=O) groups is 1. The maximum atomic E-state index is 12.8. The van der Waals surface area contributed by atoms with Crippen LogP contribution in [0.3, 0.4) is 0 Å². The lowest BCUT2D eigenvalue weighted by atomic mass is 10.1. The van der Waals surface area contributed by atoms with Crippen molar-refractivity contribution in [2.24, 2.45) is 0 Å². The predicted octanol–water partition coefficient (Wildman–Crippen LogP) is 4.32. The molecule has 3 aromatic rings. The Labute approximate surface area is 153 Å². The van der Waals surface area contributed by atoms with Gasteiger partial charge in [0.25, 0.3) is 5.91 Å². The van der Waals surface area contributed by atoms with Gasteiger partial charge in [0.2, 0.25) is 5.95 Å². The molecule has 0 aliphatic carbocycles. The van der Waals surface area contributed by atoms with Crippen molar-refractivity contribution < 1.29 is 4.79 Å². The fourth-order valence-electron chi connectivity index (χ4n) is 2.73. The van der Waals surface area contributed by atoms with Crippen LogP contribution in [0.4, 0.5) is 11.8 Å². The van der Waals surface area contributed by atoms with Crippen LogP contribution < -0.4 is 10.2 Å². The van der Waals surface area contributed by atoms with Crippen molar-refractivity contribution in [3.05, 3.63) is 84.1 Å². The minimum absolute atomic E-state index is 0.0614. The Kier molecular flexibility index (Phi) is 5.59. The highest BCUT2D eigenvalue weighted by Gasteiger charge is 2.18. The lowest BCUT2D eigenvalue weighted by molar-refractivity contribution is 0.0987. The zero-order chi connectivity index (χ0) is 18.4. The third-order valence-corrected chi connectivity index (χ3v) is 4.14. The summed E-state index contributed by atoms with van der Waals surface area (Å²) in [5.74, 6) is 1.01. The molecule has 5 heteroatoms. The monoisotopic (exact) mass is 346 g/mol. The minimum atomic E-state index is -0.0751. The maximum Gasteiger partial charge on any atom is 0.259 e. The molecule has 1 amide bonds. The van der Waals surface area contributed by atoms with Crippen LogP contribution in [0.2, 0.25) is 0 Å². The number of rotatable bonds is 6. The Morgan fingerprint density at radius 3 is 2.35 bits per heavy atom. The van der Waals surface area contributed by atoms with E-state index in [1.54, 1.807) is 17.2 Å². The van der Waals surface area contributed by atoms with Crippen molar-refractivity contribution in [1.82, 2.24) is 9.97 Å². The highest BCUT2D eigenvalue weighted by Crippen LogP contribution is 2.19. The smallest absolute Gasteiger partial charge is 0.259 e. The Hall–Kier alpha value is -3.21. The minimum Gasteiger partial charge on any atom is -0.348 e. The van der Waals surface area contributed by atoms with Crippen LogP contribution in [-0.4, -0.2) is 22.4 Å². The van der Waals surface area contributed by atoms with E-state index in [0.29, 0.717) is 23.9 Å². The fourth-order valence-corrected chi connectivity index (χ4v) is 2.73. The first kappa shape index (κ1) is 17.6. The van der Waals surface area contributed by atoms with Crippen molar-refractivity contribution in [1.29, 1.82) is 0 Å². The molecule has 0 saturated carbocycles. The highest BCUT2D eigenvalue weighted by atomic mass is 16.2. The summed E-state index contributed by atoms with van der Waals surface area (Å²) < 4.78 is 0. The molecular weight excluding hydrogens is 324 g/mol. The number of nitrogens with zero attached hydrogens (tertiary/aromatic N) is 3. The molecule has 2 aromatic carbocycles. The molecule has 3 rings (SSSR count). The lowest BCUT2D eigenvalue weighted by Crippen LogP contribution is -2.31. The van der Waals surface area contributed by atoms with Gasteiger partial charge in [-0.05, 0) is 37.6 Å². The number of aromatic nitrogens is 2. The van der Waals surface area contributed by atoms with E-state index in [0.717, 1.165) is 5.56 Å². The van der Waals surface area contributed by atoms with E-state index in [2.05, 4.69) is 34.3 Å². The van der Waals surface area contributed by atoms with E-state index in [1.165, 1.54) is 0 Å². The van der Waals surface area contributed by atoms with Gasteiger partial charge in [-0.3, -0.25) is 9.69 Å². The average Bonchev–Trinajstić information content (AvgIpc) is 2.70. The predicted molar refractivity (Wildman–Crippen MR) is 104 cm³/mol. The SMILES string of the molecule is CCN(C(=O)c1ccccc1)c1ccnc(N[C@H](C)c2ccccc2)n1. The molecule has 0 fully saturated rings. The number of carbonyl (C=O) groups excluding carboxylic acids is 1. The molecule has 1 atom stereocenters. The molecular formula is C21H22N4O. The number of nitrogens with one attached hydrogen (secondary N) is 1. The van der Waals surface area contributed by atoms with E-state index in [9.17, 15) is 4.79 Å². The molecule has 0 saturated heterocycles. The summed E-state index contributed by atoms with van der Waals surface area (Å²) in [5.41, 5.74) is 1.79. The van der Waals surface area contributed by atoms with Crippen LogP contribution in [0.15, 0.2) is 72.9 Å². The molecule has 0 bridgehead atoms. The number of anilines is 2. The quantitative estimate of drug-likeness (QED) is 0.722. The molecule has 132 valence electrons. The third-order valence-electron chi connectivity index (χ3n) is 4.14. The van der Waals surface area contributed by atoms with Gasteiger partial charge in [-0.25, -0.2) is 4.98 Å². The Morgan fingerprint density at radius 1 is 1.04 bits per heavy atom. The van der Waals surface area contributed by atoms with Crippen LogP contribution in [0.1, 0.15) is 35.8 Å². The molecule has 0 aliphatic heterocycles. The summed E-state index contributed by atoms with van der Waals surface area (Å²) in [5, 5.41) is 3.30. The van der Waals surface area contributed by atoms with Gasteiger partial charge >= 0.3 is 0 Å². The van der Waals surface area contributed by atoms with Gasteiger partial charge in [-0.15, -0.1) is 0 Å². The molecule has 1 aromatic heterocycles.